The van der Waals surface area contributed by atoms with Crippen LogP contribution < -0.4 is 11.3 Å². The lowest BCUT2D eigenvalue weighted by atomic mass is 10.2. The van der Waals surface area contributed by atoms with Gasteiger partial charge >= 0.3 is 0 Å². The molecule has 0 aliphatic carbocycles. The lowest BCUT2D eigenvalue weighted by Gasteiger charge is -2.09. The van der Waals surface area contributed by atoms with Crippen LogP contribution in [0.15, 0.2) is 15.1 Å². The molecule has 1 amide bonds. The van der Waals surface area contributed by atoms with Crippen molar-refractivity contribution in [3.8, 4) is 0 Å². The zero-order valence-corrected chi connectivity index (χ0v) is 9.11. The van der Waals surface area contributed by atoms with E-state index in [0.29, 0.717) is 10.9 Å². The molecule has 0 fully saturated rings. The molecular formula is C8H9N5O2S. The van der Waals surface area contributed by atoms with Gasteiger partial charge in [0.15, 0.2) is 0 Å². The topological polar surface area (TPSA) is 103 Å². The SMILES string of the molecule is NC(=O)CCc1nnc2n(c1=O)N=CCS2. The lowest BCUT2D eigenvalue weighted by Crippen LogP contribution is -2.28. The van der Waals surface area contributed by atoms with Crippen LogP contribution in [0.3, 0.4) is 0 Å². The molecule has 2 N–H and O–H groups in total. The zero-order chi connectivity index (χ0) is 11.5. The fourth-order valence-electron chi connectivity index (χ4n) is 1.21. The highest BCUT2D eigenvalue weighted by Gasteiger charge is 2.14. The number of hydrogen-bond donors (Lipinski definition) is 1. The Labute approximate surface area is 94.7 Å². The van der Waals surface area contributed by atoms with Crippen molar-refractivity contribution in [1.29, 1.82) is 0 Å². The van der Waals surface area contributed by atoms with Gasteiger partial charge < -0.3 is 5.73 Å². The summed E-state index contributed by atoms with van der Waals surface area (Å²) < 4.78 is 1.19. The van der Waals surface area contributed by atoms with Crippen molar-refractivity contribution >= 4 is 23.9 Å². The fraction of sp³-hybridized carbons (Fsp3) is 0.375. The minimum atomic E-state index is -0.471. The zero-order valence-electron chi connectivity index (χ0n) is 8.29. The van der Waals surface area contributed by atoms with E-state index in [0.717, 1.165) is 0 Å². The number of hydrogen-bond acceptors (Lipinski definition) is 6. The first kappa shape index (κ1) is 10.8. The maximum atomic E-state index is 11.8. The van der Waals surface area contributed by atoms with Gasteiger partial charge in [0.2, 0.25) is 11.1 Å². The standard InChI is InChI=1S/C8H9N5O2S/c9-6(14)2-1-5-7(15)13-8(12-11-5)16-4-3-10-13/h3H,1-2,4H2,(H2,9,14). The molecule has 0 radical (unpaired) electrons. The Kier molecular flexibility index (Phi) is 3.00. The Bertz CT molecular complexity index is 510. The smallest absolute Gasteiger partial charge is 0.296 e. The number of fused-ring (bicyclic) bond motifs is 1. The van der Waals surface area contributed by atoms with E-state index in [9.17, 15) is 9.59 Å². The van der Waals surface area contributed by atoms with Gasteiger partial charge in [0.1, 0.15) is 5.69 Å². The van der Waals surface area contributed by atoms with Crippen molar-refractivity contribution in [2.45, 2.75) is 18.0 Å². The van der Waals surface area contributed by atoms with Crippen molar-refractivity contribution < 1.29 is 4.79 Å². The average molecular weight is 239 g/mol. The third-order valence-corrected chi connectivity index (χ3v) is 2.80. The first-order valence-electron chi connectivity index (χ1n) is 4.61. The minimum Gasteiger partial charge on any atom is -0.370 e. The van der Waals surface area contributed by atoms with Crippen molar-refractivity contribution in [2.24, 2.45) is 10.8 Å². The van der Waals surface area contributed by atoms with Crippen molar-refractivity contribution in [3.05, 3.63) is 16.0 Å². The van der Waals surface area contributed by atoms with Gasteiger partial charge in [-0.3, -0.25) is 9.59 Å². The van der Waals surface area contributed by atoms with Crippen molar-refractivity contribution in [1.82, 2.24) is 14.9 Å². The normalized spacial score (nSPS) is 13.5. The molecule has 0 aromatic carbocycles. The van der Waals surface area contributed by atoms with E-state index in [2.05, 4.69) is 15.3 Å². The quantitative estimate of drug-likeness (QED) is 0.728. The van der Waals surface area contributed by atoms with E-state index < -0.39 is 5.91 Å². The molecule has 0 unspecified atom stereocenters. The van der Waals surface area contributed by atoms with Crippen LogP contribution >= 0.6 is 11.8 Å². The summed E-state index contributed by atoms with van der Waals surface area (Å²) in [6.07, 6.45) is 1.90. The summed E-state index contributed by atoms with van der Waals surface area (Å²) in [6.45, 7) is 0. The average Bonchev–Trinajstić information content (AvgIpc) is 2.28. The van der Waals surface area contributed by atoms with Crippen LogP contribution in [-0.2, 0) is 11.2 Å². The molecule has 0 atom stereocenters. The number of thioether (sulfide) groups is 1. The first-order valence-corrected chi connectivity index (χ1v) is 5.59. The van der Waals surface area contributed by atoms with E-state index >= 15 is 0 Å². The van der Waals surface area contributed by atoms with E-state index in [1.165, 1.54) is 16.4 Å². The van der Waals surface area contributed by atoms with E-state index in [1.807, 2.05) is 0 Å². The second-order valence-corrected chi connectivity index (χ2v) is 4.11. The Hall–Kier alpha value is -1.70. The number of carbonyl (C=O) groups is 1. The molecule has 0 bridgehead atoms. The number of nitrogens with two attached hydrogens (primary N) is 1. The Morgan fingerprint density at radius 2 is 2.38 bits per heavy atom. The summed E-state index contributed by atoms with van der Waals surface area (Å²) in [5.41, 5.74) is 4.87. The predicted molar refractivity (Wildman–Crippen MR) is 58.4 cm³/mol. The monoisotopic (exact) mass is 239 g/mol. The molecule has 1 aliphatic heterocycles. The molecule has 2 rings (SSSR count). The highest BCUT2D eigenvalue weighted by atomic mass is 32.2. The fourth-order valence-corrected chi connectivity index (χ4v) is 1.86. The summed E-state index contributed by atoms with van der Waals surface area (Å²) in [7, 11) is 0. The van der Waals surface area contributed by atoms with Crippen molar-refractivity contribution in [3.63, 3.8) is 0 Å². The molecule has 7 nitrogen and oxygen atoms in total. The van der Waals surface area contributed by atoms with Gasteiger partial charge in [-0.1, -0.05) is 11.8 Å². The third kappa shape index (κ3) is 2.11. The van der Waals surface area contributed by atoms with Crippen LogP contribution in [0.25, 0.3) is 0 Å². The van der Waals surface area contributed by atoms with Gasteiger partial charge in [0.05, 0.1) is 0 Å². The number of rotatable bonds is 3. The summed E-state index contributed by atoms with van der Waals surface area (Å²) in [5, 5.41) is 12.0. The van der Waals surface area contributed by atoms with Crippen LogP contribution in [0, 0.1) is 0 Å². The molecule has 2 heterocycles. The largest absolute Gasteiger partial charge is 0.370 e. The number of nitrogens with zero attached hydrogens (tertiary/aromatic N) is 4. The molecule has 0 saturated heterocycles. The highest BCUT2D eigenvalue weighted by molar-refractivity contribution is 7.99. The van der Waals surface area contributed by atoms with Crippen LogP contribution in [-0.4, -0.2) is 32.7 Å². The molecule has 8 heteroatoms. The minimum absolute atomic E-state index is 0.0835. The van der Waals surface area contributed by atoms with Gasteiger partial charge in [0, 0.05) is 24.8 Å². The number of aromatic nitrogens is 3. The predicted octanol–water partition coefficient (Wildman–Crippen LogP) is -1.00. The van der Waals surface area contributed by atoms with Crippen molar-refractivity contribution in [2.75, 3.05) is 5.75 Å². The molecule has 84 valence electrons. The molecule has 0 saturated carbocycles. The number of primary amides is 1. The Morgan fingerprint density at radius 1 is 1.56 bits per heavy atom. The van der Waals surface area contributed by atoms with Gasteiger partial charge in [-0.15, -0.1) is 10.2 Å². The maximum absolute atomic E-state index is 11.8. The third-order valence-electron chi connectivity index (χ3n) is 1.97. The maximum Gasteiger partial charge on any atom is 0.296 e. The molecule has 1 aromatic heterocycles. The molecule has 1 aliphatic rings. The Morgan fingerprint density at radius 3 is 3.12 bits per heavy atom. The molecule has 1 aromatic rings. The first-order chi connectivity index (χ1) is 7.68. The van der Waals surface area contributed by atoms with Gasteiger partial charge in [0.25, 0.3) is 5.56 Å². The molecule has 0 spiro atoms. The molecule has 16 heavy (non-hydrogen) atoms. The van der Waals surface area contributed by atoms with Crippen LogP contribution in [0.1, 0.15) is 12.1 Å². The van der Waals surface area contributed by atoms with E-state index in [-0.39, 0.29) is 24.1 Å². The summed E-state index contributed by atoms with van der Waals surface area (Å²) in [6, 6.07) is 0. The van der Waals surface area contributed by atoms with E-state index in [4.69, 9.17) is 5.73 Å². The van der Waals surface area contributed by atoms with Gasteiger partial charge in [-0.05, 0) is 0 Å². The lowest BCUT2D eigenvalue weighted by molar-refractivity contribution is -0.118. The van der Waals surface area contributed by atoms with Crippen LogP contribution in [0.4, 0.5) is 0 Å². The second kappa shape index (κ2) is 4.44. The summed E-state index contributed by atoms with van der Waals surface area (Å²) in [4.78, 5) is 22.4. The Balaban J connectivity index is 2.32. The van der Waals surface area contributed by atoms with Crippen LogP contribution in [0.5, 0.6) is 0 Å². The summed E-state index contributed by atoms with van der Waals surface area (Å²) in [5.74, 6) is 0.205. The van der Waals surface area contributed by atoms with Gasteiger partial charge in [-0.2, -0.15) is 9.78 Å². The van der Waals surface area contributed by atoms with Crippen LogP contribution in [0.2, 0.25) is 0 Å². The molecular weight excluding hydrogens is 230 g/mol. The highest BCUT2D eigenvalue weighted by Crippen LogP contribution is 2.14. The number of amides is 1. The van der Waals surface area contributed by atoms with Gasteiger partial charge in [-0.25, -0.2) is 0 Å². The van der Waals surface area contributed by atoms with E-state index in [1.54, 1.807) is 6.21 Å². The number of carbonyl (C=O) groups excluding carboxylic acids is 1. The second-order valence-electron chi connectivity index (χ2n) is 3.12. The number of aryl methyl sites for hydroxylation is 1. The summed E-state index contributed by atoms with van der Waals surface area (Å²) >= 11 is 1.38.